The highest BCUT2D eigenvalue weighted by molar-refractivity contribution is 7.89. The maximum absolute atomic E-state index is 13.0. The molecule has 0 aromatic heterocycles. The van der Waals surface area contributed by atoms with Crippen LogP contribution >= 0.6 is 11.6 Å². The van der Waals surface area contributed by atoms with E-state index in [0.29, 0.717) is 31.0 Å². The molecule has 2 aromatic carbocycles. The van der Waals surface area contributed by atoms with E-state index in [4.69, 9.17) is 11.6 Å². The predicted octanol–water partition coefficient (Wildman–Crippen LogP) is 3.93. The largest absolute Gasteiger partial charge is 0.351 e. The molecule has 0 bridgehead atoms. The minimum Gasteiger partial charge on any atom is -0.351 e. The number of sulfonamides is 1. The molecule has 7 heteroatoms. The molecule has 2 aromatic rings. The molecule has 0 unspecified atom stereocenters. The number of nitrogens with zero attached hydrogens (tertiary/aromatic N) is 1. The Hall–Kier alpha value is -1.89. The summed E-state index contributed by atoms with van der Waals surface area (Å²) in [4.78, 5) is 13.0. The molecule has 0 radical (unpaired) electrons. The average Bonchev–Trinajstić information content (AvgIpc) is 3.23. The highest BCUT2D eigenvalue weighted by Crippen LogP contribution is 2.27. The third kappa shape index (κ3) is 4.82. The Balaban J connectivity index is 1.74. The number of amides is 1. The lowest BCUT2D eigenvalue weighted by Gasteiger charge is -2.23. The first-order chi connectivity index (χ1) is 13.9. The van der Waals surface area contributed by atoms with Crippen molar-refractivity contribution in [1.29, 1.82) is 0 Å². The van der Waals surface area contributed by atoms with Crippen LogP contribution in [0.25, 0.3) is 0 Å². The van der Waals surface area contributed by atoms with Crippen LogP contribution < -0.4 is 5.32 Å². The van der Waals surface area contributed by atoms with E-state index in [-0.39, 0.29) is 10.8 Å². The van der Waals surface area contributed by atoms with Gasteiger partial charge in [0.1, 0.15) is 6.04 Å². The van der Waals surface area contributed by atoms with Crippen LogP contribution in [0.1, 0.15) is 43.4 Å². The Morgan fingerprint density at radius 3 is 2.48 bits per heavy atom. The zero-order valence-electron chi connectivity index (χ0n) is 16.8. The van der Waals surface area contributed by atoms with E-state index >= 15 is 0 Å². The number of carbonyl (C=O) groups excluding carboxylic acids is 1. The lowest BCUT2D eigenvalue weighted by molar-refractivity contribution is -0.124. The van der Waals surface area contributed by atoms with Crippen molar-refractivity contribution in [1.82, 2.24) is 9.62 Å². The molecular weight excluding hydrogens is 408 g/mol. The van der Waals surface area contributed by atoms with E-state index in [0.717, 1.165) is 18.4 Å². The fourth-order valence-corrected chi connectivity index (χ4v) is 5.52. The molecule has 29 heavy (non-hydrogen) atoms. The molecule has 0 aliphatic carbocycles. The van der Waals surface area contributed by atoms with Gasteiger partial charge in [0.25, 0.3) is 0 Å². The molecule has 156 valence electrons. The number of rotatable bonds is 7. The average molecular weight is 435 g/mol. The first kappa shape index (κ1) is 21.8. The van der Waals surface area contributed by atoms with Crippen LogP contribution in [0.15, 0.2) is 47.4 Å². The quantitative estimate of drug-likeness (QED) is 0.717. The fraction of sp³-hybridized carbons (Fsp3) is 0.409. The van der Waals surface area contributed by atoms with Crippen molar-refractivity contribution in [3.05, 3.63) is 64.2 Å². The predicted molar refractivity (Wildman–Crippen MR) is 115 cm³/mol. The highest BCUT2D eigenvalue weighted by Gasteiger charge is 2.39. The van der Waals surface area contributed by atoms with E-state index in [9.17, 15) is 13.2 Å². The summed E-state index contributed by atoms with van der Waals surface area (Å²) in [6.45, 7) is 4.93. The molecule has 1 saturated heterocycles. The van der Waals surface area contributed by atoms with Crippen molar-refractivity contribution in [3.8, 4) is 0 Å². The van der Waals surface area contributed by atoms with Crippen LogP contribution in [0.5, 0.6) is 0 Å². The molecule has 1 heterocycles. The van der Waals surface area contributed by atoms with Crippen molar-refractivity contribution in [2.75, 3.05) is 6.54 Å². The number of nitrogens with one attached hydrogen (secondary N) is 1. The third-order valence-corrected chi connectivity index (χ3v) is 7.61. The fourth-order valence-electron chi connectivity index (χ4n) is 3.74. The molecule has 5 nitrogen and oxygen atoms in total. The first-order valence-corrected chi connectivity index (χ1v) is 11.8. The summed E-state index contributed by atoms with van der Waals surface area (Å²) in [5.74, 6) is -0.246. The van der Waals surface area contributed by atoms with Gasteiger partial charge in [-0.15, -0.1) is 0 Å². The van der Waals surface area contributed by atoms with Gasteiger partial charge in [-0.3, -0.25) is 4.79 Å². The summed E-state index contributed by atoms with van der Waals surface area (Å²) in [6.07, 6.45) is 3.00. The molecule has 1 N–H and O–H groups in total. The smallest absolute Gasteiger partial charge is 0.243 e. The molecular formula is C22H27ClN2O3S. The topological polar surface area (TPSA) is 66.5 Å². The van der Waals surface area contributed by atoms with Gasteiger partial charge >= 0.3 is 0 Å². The Labute approximate surface area is 178 Å². The zero-order chi connectivity index (χ0) is 21.0. The maximum atomic E-state index is 13.0. The summed E-state index contributed by atoms with van der Waals surface area (Å²) < 4.78 is 27.4. The van der Waals surface area contributed by atoms with Crippen molar-refractivity contribution in [2.24, 2.45) is 0 Å². The van der Waals surface area contributed by atoms with E-state index < -0.39 is 16.1 Å². The number of carbonyl (C=O) groups is 1. The van der Waals surface area contributed by atoms with Crippen LogP contribution in [-0.4, -0.2) is 31.2 Å². The Kier molecular flexibility index (Phi) is 6.98. The van der Waals surface area contributed by atoms with Gasteiger partial charge in [-0.1, -0.05) is 43.6 Å². The molecule has 1 aliphatic heterocycles. The van der Waals surface area contributed by atoms with Gasteiger partial charge in [0.15, 0.2) is 0 Å². The number of hydrogen-bond acceptors (Lipinski definition) is 3. The van der Waals surface area contributed by atoms with Crippen molar-refractivity contribution >= 4 is 27.5 Å². The lowest BCUT2D eigenvalue weighted by Crippen LogP contribution is -2.45. The molecule has 1 aliphatic rings. The SMILES string of the molecule is CCc1ccc(CC)c(CNC(=O)[C@@H]2CCCN2S(=O)(=O)c2ccc(Cl)cc2)c1. The number of halogens is 1. The molecule has 3 rings (SSSR count). The van der Waals surface area contributed by atoms with Crippen LogP contribution in [0.3, 0.4) is 0 Å². The first-order valence-electron chi connectivity index (χ1n) is 10.0. The Morgan fingerprint density at radius 1 is 1.10 bits per heavy atom. The van der Waals surface area contributed by atoms with Crippen molar-refractivity contribution < 1.29 is 13.2 Å². The van der Waals surface area contributed by atoms with Gasteiger partial charge in [0.2, 0.25) is 15.9 Å². The van der Waals surface area contributed by atoms with Gasteiger partial charge in [-0.2, -0.15) is 4.31 Å². The van der Waals surface area contributed by atoms with Gasteiger partial charge < -0.3 is 5.32 Å². The van der Waals surface area contributed by atoms with Crippen LogP contribution in [0.4, 0.5) is 0 Å². The summed E-state index contributed by atoms with van der Waals surface area (Å²) in [5, 5.41) is 3.44. The number of aryl methyl sites for hydroxylation is 2. The molecule has 1 atom stereocenters. The standard InChI is InChI=1S/C22H27ClN2O3S/c1-3-16-7-8-17(4-2)18(14-16)15-24-22(26)21-6-5-13-25(21)29(27,28)20-11-9-19(23)10-12-20/h7-12,14,21H,3-6,13,15H2,1-2H3,(H,24,26)/t21-/m0/s1. The second-order valence-electron chi connectivity index (χ2n) is 7.26. The van der Waals surface area contributed by atoms with E-state index in [1.807, 2.05) is 0 Å². The second-order valence-corrected chi connectivity index (χ2v) is 9.58. The Morgan fingerprint density at radius 2 is 1.83 bits per heavy atom. The molecule has 0 saturated carbocycles. The van der Waals surface area contributed by atoms with Crippen LogP contribution in [0.2, 0.25) is 5.02 Å². The minimum atomic E-state index is -3.74. The minimum absolute atomic E-state index is 0.158. The zero-order valence-corrected chi connectivity index (χ0v) is 18.4. The third-order valence-electron chi connectivity index (χ3n) is 5.44. The van der Waals surface area contributed by atoms with Crippen molar-refractivity contribution in [3.63, 3.8) is 0 Å². The summed E-state index contributed by atoms with van der Waals surface area (Å²) in [5.41, 5.74) is 3.50. The lowest BCUT2D eigenvalue weighted by atomic mass is 10.0. The molecule has 0 spiro atoms. The van der Waals surface area contributed by atoms with E-state index in [2.05, 4.69) is 37.4 Å². The number of benzene rings is 2. The highest BCUT2D eigenvalue weighted by atomic mass is 35.5. The number of hydrogen-bond donors (Lipinski definition) is 1. The van der Waals surface area contributed by atoms with Gasteiger partial charge in [-0.05, 0) is 66.6 Å². The van der Waals surface area contributed by atoms with Crippen molar-refractivity contribution in [2.45, 2.75) is 57.0 Å². The maximum Gasteiger partial charge on any atom is 0.243 e. The van der Waals surface area contributed by atoms with Gasteiger partial charge in [-0.25, -0.2) is 8.42 Å². The van der Waals surface area contributed by atoms with E-state index in [1.165, 1.54) is 27.6 Å². The normalized spacial score (nSPS) is 17.4. The molecule has 1 fully saturated rings. The van der Waals surface area contributed by atoms with Gasteiger partial charge in [0, 0.05) is 18.1 Å². The Bertz CT molecular complexity index is 974. The second kappa shape index (κ2) is 9.28. The van der Waals surface area contributed by atoms with E-state index in [1.54, 1.807) is 12.1 Å². The molecule has 1 amide bonds. The van der Waals surface area contributed by atoms with Crippen LogP contribution in [-0.2, 0) is 34.2 Å². The van der Waals surface area contributed by atoms with Gasteiger partial charge in [0.05, 0.1) is 4.90 Å². The van der Waals surface area contributed by atoms with Crippen LogP contribution in [0, 0.1) is 0 Å². The monoisotopic (exact) mass is 434 g/mol. The summed E-state index contributed by atoms with van der Waals surface area (Å²) in [6, 6.07) is 11.7. The summed E-state index contributed by atoms with van der Waals surface area (Å²) >= 11 is 5.87. The summed E-state index contributed by atoms with van der Waals surface area (Å²) in [7, 11) is -3.74.